The van der Waals surface area contributed by atoms with Crippen LogP contribution in [0.2, 0.25) is 0 Å². The summed E-state index contributed by atoms with van der Waals surface area (Å²) in [6.45, 7) is 15.9. The van der Waals surface area contributed by atoms with Gasteiger partial charge < -0.3 is 20.9 Å². The minimum Gasteiger partial charge on any atom is -0.0622 e. The number of ketones is 1. The molecule has 0 fully saturated rings. The van der Waals surface area contributed by atoms with E-state index in [0.717, 1.165) is 56.3 Å². The average Bonchev–Trinajstić information content (AvgIpc) is 1.61. The zero-order valence-corrected chi connectivity index (χ0v) is 61.0. The number of nitrogens with two attached hydrogens (primary N) is 2. The molecule has 0 atom stereocenters. The van der Waals surface area contributed by atoms with Crippen molar-refractivity contribution in [2.24, 2.45) is 5.11 Å². The van der Waals surface area contributed by atoms with Gasteiger partial charge in [-0.15, -0.1) is 16.1 Å². The van der Waals surface area contributed by atoms with Crippen LogP contribution in [0.5, 0.6) is 0 Å². The van der Waals surface area contributed by atoms with Crippen molar-refractivity contribution in [3.63, 3.8) is 0 Å². The molecule has 1 aliphatic rings. The first-order valence-corrected chi connectivity index (χ1v) is 38.3. The van der Waals surface area contributed by atoms with Crippen LogP contribution in [0.15, 0.2) is 242 Å². The monoisotopic (exact) mass is 1470 g/mol. The van der Waals surface area contributed by atoms with Crippen LogP contribution in [0.1, 0.15) is 60.0 Å². The number of hydrogen-bond acceptors (Lipinski definition) is 12. The van der Waals surface area contributed by atoms with Gasteiger partial charge >= 0.3 is 46.5 Å². The number of anilines is 2. The summed E-state index contributed by atoms with van der Waals surface area (Å²) in [5.41, 5.74) is 31.5. The Morgan fingerprint density at radius 3 is 1.38 bits per heavy atom. The maximum Gasteiger partial charge on any atom is -0.0134 e. The number of Topliss-reactive ketones (excluding diaryl/α,β-unsaturated/α-hetero) is 1. The maximum atomic E-state index is 11.8. The van der Waals surface area contributed by atoms with Crippen molar-refractivity contribution in [2.75, 3.05) is 31.2 Å². The molecule has 3 heterocycles. The first kappa shape index (κ1) is 77.4. The van der Waals surface area contributed by atoms with Crippen LogP contribution in [0.4, 0.5) is 11.4 Å². The van der Waals surface area contributed by atoms with E-state index < -0.39 is 21.8 Å². The first-order chi connectivity index (χ1) is 47.5. The third-order valence-corrected chi connectivity index (χ3v) is 19.1. The van der Waals surface area contributed by atoms with E-state index in [1.807, 2.05) is 83.1 Å². The average molecular weight is 1470 g/mol. The standard InChI is InChI=1S/2C18H15P.C14H18N4O2.C13H13N3O.C10H11N.C4H7N3O2.2ClH.Ru/c2*1-4-10-16(11-5-1)19(17-12-6-2-7-13-17)18-14-8-3-9-15-18;1-4-20-13(19)8-18-14(10(3)16-17-18)11-7-9(2)5-6-12(11)15;1-8-3-4-10-6-11(17)7-16-13(12(10)5-8)9(2)14-15-16;1-3-4-9-7-8(2)5-6-10(9)11;1-2-9-4(8)3-6-7-5;;;/h2*1-15H;5-7H,4,8,15H2,1-3H3;3-5H,6-7H2,1-2H3;5-7H,11H2,1-2H3;2-3H2,1H3;2*1H;/q;;;;;;;;+2/p-2. The van der Waals surface area contributed by atoms with E-state index >= 15 is 0 Å². The van der Waals surface area contributed by atoms with Gasteiger partial charge in [0, 0.05) is 39.4 Å². The second-order valence-electron chi connectivity index (χ2n) is 21.5. The maximum absolute atomic E-state index is 11.8. The van der Waals surface area contributed by atoms with Gasteiger partial charge in [0.1, 0.15) is 19.6 Å². The number of aromatic nitrogens is 6. The van der Waals surface area contributed by atoms with Crippen LogP contribution < -0.4 is 43.3 Å². The molecule has 4 N–H and O–H groups in total. The van der Waals surface area contributed by atoms with Gasteiger partial charge in [0.15, 0.2) is 5.78 Å². The first-order valence-electron chi connectivity index (χ1n) is 31.2. The van der Waals surface area contributed by atoms with Gasteiger partial charge in [-0.3, -0.25) is 14.4 Å². The number of aryl methyl sites for hydroxylation is 5. The molecule has 0 aliphatic carbocycles. The molecule has 0 bridgehead atoms. The number of esters is 2. The molecule has 11 aromatic rings. The molecule has 2 aromatic heterocycles. The number of halogens is 2. The van der Waals surface area contributed by atoms with Crippen molar-refractivity contribution < 1.29 is 39.0 Å². The van der Waals surface area contributed by atoms with E-state index in [2.05, 4.69) is 242 Å². The van der Waals surface area contributed by atoms with Crippen molar-refractivity contribution in [3.8, 4) is 34.4 Å². The van der Waals surface area contributed by atoms with Crippen molar-refractivity contribution in [1.29, 1.82) is 0 Å². The molecule has 21 heteroatoms. The van der Waals surface area contributed by atoms with Gasteiger partial charge in [-0.2, -0.15) is 0 Å². The Morgan fingerprint density at radius 2 is 0.949 bits per heavy atom. The second-order valence-corrected chi connectivity index (χ2v) is 28.6. The number of fused-ring (bicyclic) bond motifs is 3. The Balaban J connectivity index is 0.000000187. The van der Waals surface area contributed by atoms with E-state index in [-0.39, 0.29) is 40.0 Å². The number of hydrogen-bond donors (Lipinski definition) is 2. The Morgan fingerprint density at radius 1 is 0.561 bits per heavy atom. The molecule has 504 valence electrons. The fourth-order valence-electron chi connectivity index (χ4n) is 9.96. The summed E-state index contributed by atoms with van der Waals surface area (Å²) in [5.74, 6) is 5.11. The van der Waals surface area contributed by atoms with Crippen LogP contribution >= 0.6 is 35.2 Å². The predicted molar refractivity (Wildman–Crippen MR) is 400 cm³/mol. The summed E-state index contributed by atoms with van der Waals surface area (Å²) >= 11 is -0.346. The SMILES string of the molecule is CC#Cc1cc(C)ccc1N.CCOC(=O)CN=[N+]=[N-].CCOC(=O)Cn1nnc(C)c1-c1cc(C)ccc1N.Cc1ccc2c(c1)-c1c(C)nnn1CC(=O)C2.[Cl][Ru][Cl].c1ccc(P(c2ccccc2)c2ccccc2)cc1.c1ccc(P(c2ccccc2)c2ccccc2)cc1. The van der Waals surface area contributed by atoms with Gasteiger partial charge in [-0.25, -0.2) is 9.36 Å². The minimum atomic E-state index is -0.490. The predicted octanol–water partition coefficient (Wildman–Crippen LogP) is 14.5. The van der Waals surface area contributed by atoms with E-state index in [1.165, 1.54) is 47.6 Å². The van der Waals surface area contributed by atoms with Gasteiger partial charge in [0.2, 0.25) is 0 Å². The van der Waals surface area contributed by atoms with Crippen molar-refractivity contribution >= 4 is 96.1 Å². The molecule has 0 spiro atoms. The van der Waals surface area contributed by atoms with E-state index in [0.29, 0.717) is 31.9 Å². The topological polar surface area (TPSA) is 232 Å². The molecule has 16 nitrogen and oxygen atoms in total. The van der Waals surface area contributed by atoms with Crippen LogP contribution in [-0.2, 0) is 58.5 Å². The Kier molecular flexibility index (Phi) is 33.3. The quantitative estimate of drug-likeness (QED) is 0.0161. The van der Waals surface area contributed by atoms with Crippen LogP contribution in [0, 0.1) is 46.5 Å². The molecular weight excluding hydrogens is 1390 g/mol. The zero-order chi connectivity index (χ0) is 70.6. The third-order valence-electron chi connectivity index (χ3n) is 14.2. The Hall–Kier alpha value is -9.60. The van der Waals surface area contributed by atoms with Gasteiger partial charge in [-0.05, 0) is 150 Å². The zero-order valence-electron chi connectivity index (χ0n) is 56.0. The second kappa shape index (κ2) is 42.2. The van der Waals surface area contributed by atoms with Gasteiger partial charge in [-0.1, -0.05) is 239 Å². The molecule has 0 saturated heterocycles. The summed E-state index contributed by atoms with van der Waals surface area (Å²) in [4.78, 5) is 36.1. The minimum absolute atomic E-state index is 0.0252. The van der Waals surface area contributed by atoms with Crippen LogP contribution in [0.25, 0.3) is 33.0 Å². The largest absolute Gasteiger partial charge is 0.0622 e. The molecule has 9 aromatic carbocycles. The number of azide groups is 1. The van der Waals surface area contributed by atoms with E-state index in [1.54, 1.807) is 18.5 Å². The molecular formula is C77H79Cl2N11O5P2Ru. The Labute approximate surface area is 592 Å². The van der Waals surface area contributed by atoms with Gasteiger partial charge in [0.05, 0.1) is 36.0 Å². The summed E-state index contributed by atoms with van der Waals surface area (Å²) in [6, 6.07) is 82.4. The third kappa shape index (κ3) is 24.5. The number of rotatable bonds is 13. The number of carbonyl (C=O) groups is 3. The van der Waals surface area contributed by atoms with Crippen LogP contribution in [-0.4, -0.2) is 67.5 Å². The number of ether oxygens (including phenoxy) is 2. The molecule has 12 rings (SSSR count). The van der Waals surface area contributed by atoms with E-state index in [4.69, 9.17) is 41.1 Å². The van der Waals surface area contributed by atoms with Crippen LogP contribution in [0.3, 0.4) is 0 Å². The summed E-state index contributed by atoms with van der Waals surface area (Å²) < 4.78 is 12.6. The molecule has 0 amide bonds. The summed E-state index contributed by atoms with van der Waals surface area (Å²) in [6.07, 6.45) is 0.485. The number of nitrogens with zero attached hydrogens (tertiary/aromatic N) is 9. The normalized spacial score (nSPS) is 10.6. The molecule has 0 unspecified atom stereocenters. The fourth-order valence-corrected chi connectivity index (χ4v) is 14.6. The summed E-state index contributed by atoms with van der Waals surface area (Å²) in [7, 11) is 8.82. The summed E-state index contributed by atoms with van der Waals surface area (Å²) in [5, 5.41) is 27.5. The van der Waals surface area contributed by atoms with Crippen molar-refractivity contribution in [1.82, 2.24) is 30.0 Å². The molecule has 0 radical (unpaired) electrons. The number of benzene rings is 9. The number of carbonyl (C=O) groups excluding carboxylic acids is 3. The van der Waals surface area contributed by atoms with Crippen molar-refractivity contribution in [2.45, 2.75) is 74.9 Å². The fraction of sp³-hybridized carbons (Fsp3) is 0.182. The van der Waals surface area contributed by atoms with Gasteiger partial charge in [0.25, 0.3) is 0 Å². The molecule has 1 aliphatic heterocycles. The molecule has 0 saturated carbocycles. The number of nitrogen functional groups attached to an aromatic ring is 2. The Bertz CT molecular complexity index is 4080. The molecule has 98 heavy (non-hydrogen) atoms. The van der Waals surface area contributed by atoms with E-state index in [9.17, 15) is 14.4 Å². The van der Waals surface area contributed by atoms with Crippen molar-refractivity contribution in [3.05, 3.63) is 286 Å². The smallest absolute Gasteiger partial charge is 0.0134 e.